The second-order valence-electron chi connectivity index (χ2n) is 0.181. The van der Waals surface area contributed by atoms with Crippen LogP contribution >= 0.6 is 0 Å². The van der Waals surface area contributed by atoms with E-state index in [1.165, 1.54) is 0 Å². The fourth-order valence-electron chi connectivity index (χ4n) is 0. The Morgan fingerprint density at radius 2 is 1.83 bits per heavy atom. The van der Waals surface area contributed by atoms with Crippen LogP contribution in [0.5, 0.6) is 0 Å². The summed E-state index contributed by atoms with van der Waals surface area (Å²) in [6.45, 7) is 0. The normalized spacial score (nSPS) is 4.00. The van der Waals surface area contributed by atoms with E-state index in [1.54, 1.807) is 4.97 Å². The topological polar surface area (TPSA) is 49.8 Å². The van der Waals surface area contributed by atoms with Crippen LogP contribution in [0.1, 0.15) is 0 Å². The zero-order valence-electron chi connectivity index (χ0n) is 2.29. The molecule has 0 aliphatic rings. The van der Waals surface area contributed by atoms with Gasteiger partial charge in [-0.2, -0.15) is 0 Å². The van der Waals surface area contributed by atoms with Gasteiger partial charge >= 0.3 is 81.5 Å². The van der Waals surface area contributed by atoms with Crippen molar-refractivity contribution in [1.29, 1.82) is 5.26 Å². The molecule has 2 nitrogen and oxygen atoms in total. The number of halogens is 1. The van der Waals surface area contributed by atoms with E-state index in [2.05, 4.69) is 4.75 Å². The molecule has 0 saturated carbocycles. The standard InChI is InChI=1S/CN.FH.Fe.K.H2N.H/c1-2;;;;;/h;1H;;;1H2;/q;;+1;;-1;. The van der Waals surface area contributed by atoms with Crippen molar-refractivity contribution in [2.75, 3.05) is 0 Å². The SMILES string of the molecule is F.N#[C][Fe][NH2].[KH]. The Morgan fingerprint density at radius 1 is 1.67 bits per heavy atom. The van der Waals surface area contributed by atoms with Crippen molar-refractivity contribution in [3.63, 3.8) is 0 Å². The molecule has 6 heavy (non-hydrogen) atoms. The zero-order valence-corrected chi connectivity index (χ0v) is 3.39. The quantitative estimate of drug-likeness (QED) is 0.456. The van der Waals surface area contributed by atoms with Crippen LogP contribution in [0.4, 0.5) is 4.70 Å². The van der Waals surface area contributed by atoms with Gasteiger partial charge in [-0.15, -0.1) is 0 Å². The van der Waals surface area contributed by atoms with Crippen molar-refractivity contribution < 1.29 is 19.9 Å². The fraction of sp³-hybridized carbons (Fsp3) is 0. The van der Waals surface area contributed by atoms with E-state index in [0.29, 0.717) is 0 Å². The molecule has 0 aliphatic heterocycles. The van der Waals surface area contributed by atoms with E-state index < -0.39 is 0 Å². The maximum absolute atomic E-state index is 7.50. The van der Waals surface area contributed by atoms with E-state index in [9.17, 15) is 0 Å². The average molecular weight is 158 g/mol. The molecular formula is CH4FFeKN2. The molecule has 34 valence electrons. The van der Waals surface area contributed by atoms with Crippen molar-refractivity contribution in [1.82, 2.24) is 0 Å². The van der Waals surface area contributed by atoms with Crippen molar-refractivity contribution in [3.8, 4) is 4.97 Å². The van der Waals surface area contributed by atoms with Crippen LogP contribution in [0.3, 0.4) is 0 Å². The Hall–Kier alpha value is 1.54. The third-order valence-electron chi connectivity index (χ3n) is 0.0456. The minimum absolute atomic E-state index is 0. The molecule has 0 amide bonds. The molecule has 0 bridgehead atoms. The van der Waals surface area contributed by atoms with Gasteiger partial charge in [0, 0.05) is 0 Å². The number of nitrogens with zero attached hydrogens (tertiary/aromatic N) is 1. The molecule has 0 saturated heterocycles. The molecule has 0 heterocycles. The van der Waals surface area contributed by atoms with Gasteiger partial charge in [-0.25, -0.2) is 0 Å². The number of nitriles is 1. The number of nitrogens with two attached hydrogens (primary N) is 1. The molecule has 0 aromatic rings. The summed E-state index contributed by atoms with van der Waals surface area (Å²) in [5, 5.41) is 7.50. The fourth-order valence-corrected chi connectivity index (χ4v) is 0. The first-order valence-electron chi connectivity index (χ1n) is 0.605. The van der Waals surface area contributed by atoms with Crippen LogP contribution in [0.15, 0.2) is 0 Å². The Kier molecular flexibility index (Phi) is 41.8. The molecule has 0 rings (SSSR count). The molecule has 2 N–H and O–H groups in total. The van der Waals surface area contributed by atoms with Gasteiger partial charge in [-0.05, 0) is 0 Å². The van der Waals surface area contributed by atoms with Crippen molar-refractivity contribution in [2.45, 2.75) is 0 Å². The Labute approximate surface area is 84.6 Å². The second kappa shape index (κ2) is 16.0. The first kappa shape index (κ1) is 15.6. The van der Waals surface area contributed by atoms with E-state index in [-0.39, 0.29) is 71.3 Å². The van der Waals surface area contributed by atoms with Crippen LogP contribution in [0, 0.1) is 10.2 Å². The van der Waals surface area contributed by atoms with Gasteiger partial charge in [0.05, 0.1) is 0 Å². The first-order valence-corrected chi connectivity index (χ1v) is 1.79. The predicted molar refractivity (Wildman–Crippen MR) is 19.5 cm³/mol. The summed E-state index contributed by atoms with van der Waals surface area (Å²) >= 11 is 0.125. The molecule has 0 atom stereocenters. The Morgan fingerprint density at radius 3 is 1.83 bits per heavy atom. The van der Waals surface area contributed by atoms with E-state index in [0.717, 1.165) is 0 Å². The van der Waals surface area contributed by atoms with Crippen LogP contribution in [0.2, 0.25) is 0 Å². The molecule has 5 heteroatoms. The van der Waals surface area contributed by atoms with Crippen LogP contribution in [-0.4, -0.2) is 51.4 Å². The summed E-state index contributed by atoms with van der Waals surface area (Å²) in [5.41, 5.74) is 0. The molecule has 0 radical (unpaired) electrons. The van der Waals surface area contributed by atoms with Gasteiger partial charge in [0.2, 0.25) is 0 Å². The summed E-state index contributed by atoms with van der Waals surface area (Å²) in [5.74, 6) is 0. The molecule has 0 aliphatic carbocycles. The monoisotopic (exact) mass is 158 g/mol. The molecular weight excluding hydrogens is 154 g/mol. The van der Waals surface area contributed by atoms with Gasteiger partial charge in [0.1, 0.15) is 0 Å². The van der Waals surface area contributed by atoms with E-state index in [4.69, 9.17) is 5.26 Å². The Balaban J connectivity index is -0.0000000450. The van der Waals surface area contributed by atoms with Gasteiger partial charge in [0.15, 0.2) is 0 Å². The average Bonchev–Trinajstić information content (AvgIpc) is 1.37. The summed E-state index contributed by atoms with van der Waals surface area (Å²) in [4.78, 5) is 1.71. The van der Waals surface area contributed by atoms with Gasteiger partial charge in [-0.3, -0.25) is 4.70 Å². The first-order chi connectivity index (χ1) is 1.91. The molecule has 0 aromatic heterocycles. The summed E-state index contributed by atoms with van der Waals surface area (Å²) in [6.07, 6.45) is 0. The van der Waals surface area contributed by atoms with Crippen molar-refractivity contribution >= 4 is 51.4 Å². The van der Waals surface area contributed by atoms with Gasteiger partial charge in [0.25, 0.3) is 0 Å². The second-order valence-corrected chi connectivity index (χ2v) is 0.747. The zero-order chi connectivity index (χ0) is 3.41. The third-order valence-corrected chi connectivity index (χ3v) is 0.188. The van der Waals surface area contributed by atoms with Crippen molar-refractivity contribution in [3.05, 3.63) is 0 Å². The van der Waals surface area contributed by atoms with Crippen LogP contribution in [-0.2, 0) is 15.2 Å². The maximum atomic E-state index is 7.50. The number of hydrogen-bond donors (Lipinski definition) is 1. The summed E-state index contributed by atoms with van der Waals surface area (Å²) < 4.78 is 4.67. The molecule has 0 unspecified atom stereocenters. The minimum atomic E-state index is 0. The van der Waals surface area contributed by atoms with Crippen molar-refractivity contribution in [2.24, 2.45) is 4.75 Å². The number of hydrogen-bond acceptors (Lipinski definition) is 2. The summed E-state index contributed by atoms with van der Waals surface area (Å²) in [7, 11) is 0. The van der Waals surface area contributed by atoms with E-state index in [1.807, 2.05) is 0 Å². The van der Waals surface area contributed by atoms with Crippen LogP contribution in [0.25, 0.3) is 0 Å². The Bertz CT molecular complexity index is 43.3. The number of rotatable bonds is 0. The molecule has 0 spiro atoms. The van der Waals surface area contributed by atoms with Gasteiger partial charge in [-0.1, -0.05) is 0 Å². The molecule has 0 fully saturated rings. The third kappa shape index (κ3) is 17.7. The van der Waals surface area contributed by atoms with E-state index >= 15 is 0 Å². The summed E-state index contributed by atoms with van der Waals surface area (Å²) in [6, 6.07) is 0. The van der Waals surface area contributed by atoms with Gasteiger partial charge < -0.3 is 0 Å². The predicted octanol–water partition coefficient (Wildman–Crippen LogP) is -1.07. The van der Waals surface area contributed by atoms with Crippen LogP contribution < -0.4 is 4.75 Å². The molecule has 0 aromatic carbocycles.